The fourth-order valence-corrected chi connectivity index (χ4v) is 3.80. The minimum absolute atomic E-state index is 0.0936. The number of hydrogen-bond donors (Lipinski definition) is 1. The number of carbonyl (C=O) groups excluding carboxylic acids is 1. The number of piperazine rings is 1. The van der Waals surface area contributed by atoms with Crippen LogP contribution in [0.4, 0.5) is 22.4 Å². The van der Waals surface area contributed by atoms with Gasteiger partial charge in [-0.3, -0.25) is 4.98 Å². The quantitative estimate of drug-likeness (QED) is 0.745. The molecular formula is C21H30N8O2. The summed E-state index contributed by atoms with van der Waals surface area (Å²) in [4.78, 5) is 35.9. The molecule has 2 aromatic rings. The number of amides is 1. The lowest BCUT2D eigenvalue weighted by Gasteiger charge is -2.33. The molecule has 31 heavy (non-hydrogen) atoms. The topological polar surface area (TPSA) is 99.6 Å². The molecule has 4 rings (SSSR count). The van der Waals surface area contributed by atoms with E-state index in [2.05, 4.69) is 48.2 Å². The van der Waals surface area contributed by atoms with Crippen molar-refractivity contribution in [3.63, 3.8) is 0 Å². The van der Waals surface area contributed by atoms with Gasteiger partial charge in [-0.05, 0) is 32.0 Å². The van der Waals surface area contributed by atoms with Crippen molar-refractivity contribution in [1.82, 2.24) is 24.8 Å². The normalized spacial score (nSPS) is 20.8. The second-order valence-corrected chi connectivity index (χ2v) is 8.46. The van der Waals surface area contributed by atoms with Gasteiger partial charge in [-0.15, -0.1) is 0 Å². The molecule has 2 aliphatic heterocycles. The van der Waals surface area contributed by atoms with Crippen molar-refractivity contribution < 1.29 is 9.53 Å². The first-order valence-corrected chi connectivity index (χ1v) is 10.7. The molecule has 2 fully saturated rings. The summed E-state index contributed by atoms with van der Waals surface area (Å²) < 4.78 is 5.20. The second-order valence-electron chi connectivity index (χ2n) is 8.46. The lowest BCUT2D eigenvalue weighted by atomic mass is 10.1. The Bertz CT molecular complexity index is 899. The van der Waals surface area contributed by atoms with Crippen molar-refractivity contribution >= 4 is 23.7 Å². The van der Waals surface area contributed by atoms with Gasteiger partial charge >= 0.3 is 6.09 Å². The molecule has 0 bridgehead atoms. The summed E-state index contributed by atoms with van der Waals surface area (Å²) in [5, 5.41) is 3.26. The number of nitrogens with one attached hydrogen (secondary N) is 1. The number of anilines is 3. The molecule has 4 heterocycles. The first-order chi connectivity index (χ1) is 14.9. The SMILES string of the molecule is CC(C)C1COC(=O)N1c1ncnc(N[C@H](C)c2ccc(N3CCN(C)CC3)cn2)n1. The molecule has 1 unspecified atom stereocenters. The minimum Gasteiger partial charge on any atom is -0.447 e. The van der Waals surface area contributed by atoms with E-state index in [1.54, 1.807) is 0 Å². The van der Waals surface area contributed by atoms with E-state index in [-0.39, 0.29) is 18.0 Å². The van der Waals surface area contributed by atoms with Gasteiger partial charge in [-0.1, -0.05) is 13.8 Å². The van der Waals surface area contributed by atoms with Crippen molar-refractivity contribution in [1.29, 1.82) is 0 Å². The molecule has 2 aliphatic rings. The number of hydrogen-bond acceptors (Lipinski definition) is 9. The summed E-state index contributed by atoms with van der Waals surface area (Å²) in [7, 11) is 2.15. The number of likely N-dealkylation sites (N-methyl/N-ethyl adjacent to an activating group) is 1. The number of ether oxygens (including phenoxy) is 1. The van der Waals surface area contributed by atoms with Crippen LogP contribution in [-0.2, 0) is 4.74 Å². The monoisotopic (exact) mass is 426 g/mol. The molecule has 0 aromatic carbocycles. The van der Waals surface area contributed by atoms with E-state index in [1.165, 1.54) is 11.2 Å². The average Bonchev–Trinajstić information content (AvgIpc) is 3.16. The Balaban J connectivity index is 1.43. The Morgan fingerprint density at radius 3 is 2.55 bits per heavy atom. The van der Waals surface area contributed by atoms with E-state index < -0.39 is 6.09 Å². The highest BCUT2D eigenvalue weighted by atomic mass is 16.6. The van der Waals surface area contributed by atoms with E-state index >= 15 is 0 Å². The number of nitrogens with zero attached hydrogens (tertiary/aromatic N) is 7. The Hall–Kier alpha value is -3.01. The fourth-order valence-electron chi connectivity index (χ4n) is 3.80. The molecule has 166 valence electrons. The fraction of sp³-hybridized carbons (Fsp3) is 0.571. The standard InChI is InChI=1S/C21H30N8O2/c1-14(2)18-12-31-21(30)29(18)20-24-13-23-19(26-20)25-15(3)17-6-5-16(11-22-17)28-9-7-27(4)8-10-28/h5-6,11,13-15,18H,7-10,12H2,1-4H3,(H,23,24,25,26)/t15-,18?/m1/s1. The highest BCUT2D eigenvalue weighted by molar-refractivity contribution is 5.88. The summed E-state index contributed by atoms with van der Waals surface area (Å²) in [6, 6.07) is 3.94. The van der Waals surface area contributed by atoms with Gasteiger partial charge in [0, 0.05) is 26.2 Å². The predicted octanol–water partition coefficient (Wildman–Crippen LogP) is 2.17. The highest BCUT2D eigenvalue weighted by Gasteiger charge is 2.38. The van der Waals surface area contributed by atoms with Gasteiger partial charge in [-0.2, -0.15) is 4.98 Å². The van der Waals surface area contributed by atoms with Crippen LogP contribution in [0.25, 0.3) is 0 Å². The molecular weight excluding hydrogens is 396 g/mol. The average molecular weight is 427 g/mol. The maximum Gasteiger partial charge on any atom is 0.417 e. The molecule has 0 spiro atoms. The van der Waals surface area contributed by atoms with Crippen molar-refractivity contribution in [2.45, 2.75) is 32.9 Å². The number of rotatable bonds is 6. The van der Waals surface area contributed by atoms with Crippen molar-refractivity contribution in [3.05, 3.63) is 30.4 Å². The van der Waals surface area contributed by atoms with Gasteiger partial charge in [0.25, 0.3) is 0 Å². The van der Waals surface area contributed by atoms with E-state index in [0.717, 1.165) is 37.6 Å². The number of aromatic nitrogens is 4. The molecule has 2 aromatic heterocycles. The zero-order valence-electron chi connectivity index (χ0n) is 18.5. The smallest absolute Gasteiger partial charge is 0.417 e. The van der Waals surface area contributed by atoms with Gasteiger partial charge < -0.3 is 19.9 Å². The molecule has 1 N–H and O–H groups in total. The molecule has 0 saturated carbocycles. The summed E-state index contributed by atoms with van der Waals surface area (Å²) in [6.45, 7) is 10.6. The Labute approximate surface area is 182 Å². The van der Waals surface area contributed by atoms with Gasteiger partial charge in [-0.25, -0.2) is 19.7 Å². The second kappa shape index (κ2) is 9.01. The third-order valence-corrected chi connectivity index (χ3v) is 5.88. The molecule has 2 saturated heterocycles. The summed E-state index contributed by atoms with van der Waals surface area (Å²) >= 11 is 0. The van der Waals surface area contributed by atoms with Crippen LogP contribution in [0.3, 0.4) is 0 Å². The molecule has 1 amide bonds. The zero-order chi connectivity index (χ0) is 22.0. The maximum atomic E-state index is 12.2. The minimum atomic E-state index is -0.426. The van der Waals surface area contributed by atoms with E-state index in [1.807, 2.05) is 33.0 Å². The van der Waals surface area contributed by atoms with Crippen LogP contribution < -0.4 is 15.1 Å². The van der Waals surface area contributed by atoms with Gasteiger partial charge in [0.2, 0.25) is 11.9 Å². The molecule has 0 radical (unpaired) electrons. The van der Waals surface area contributed by atoms with Crippen LogP contribution in [0.2, 0.25) is 0 Å². The highest BCUT2D eigenvalue weighted by Crippen LogP contribution is 2.25. The lowest BCUT2D eigenvalue weighted by molar-refractivity contribution is 0.177. The Kier molecular flexibility index (Phi) is 6.17. The maximum absolute atomic E-state index is 12.2. The van der Waals surface area contributed by atoms with E-state index in [9.17, 15) is 4.79 Å². The van der Waals surface area contributed by atoms with Crippen molar-refractivity contribution in [2.24, 2.45) is 5.92 Å². The van der Waals surface area contributed by atoms with Crippen LogP contribution in [0.1, 0.15) is 32.5 Å². The number of carbonyl (C=O) groups is 1. The molecule has 10 heteroatoms. The van der Waals surface area contributed by atoms with Crippen LogP contribution in [-0.4, -0.2) is 76.8 Å². The lowest BCUT2D eigenvalue weighted by Crippen LogP contribution is -2.44. The summed E-state index contributed by atoms with van der Waals surface area (Å²) in [5.41, 5.74) is 2.03. The number of pyridine rings is 1. The van der Waals surface area contributed by atoms with Gasteiger partial charge in [0.1, 0.15) is 12.9 Å². The van der Waals surface area contributed by atoms with Gasteiger partial charge in [0.15, 0.2) is 0 Å². The van der Waals surface area contributed by atoms with Crippen LogP contribution in [0.5, 0.6) is 0 Å². The van der Waals surface area contributed by atoms with Crippen molar-refractivity contribution in [3.8, 4) is 0 Å². The van der Waals surface area contributed by atoms with Gasteiger partial charge in [0.05, 0.1) is 29.7 Å². The van der Waals surface area contributed by atoms with E-state index in [0.29, 0.717) is 18.5 Å². The third-order valence-electron chi connectivity index (χ3n) is 5.88. The third kappa shape index (κ3) is 4.68. The first kappa shape index (κ1) is 21.2. The Morgan fingerprint density at radius 2 is 1.87 bits per heavy atom. The predicted molar refractivity (Wildman–Crippen MR) is 118 cm³/mol. The van der Waals surface area contributed by atoms with Crippen LogP contribution in [0, 0.1) is 5.92 Å². The summed E-state index contributed by atoms with van der Waals surface area (Å²) in [5.74, 6) is 0.912. The summed E-state index contributed by atoms with van der Waals surface area (Å²) in [6.07, 6.45) is 2.90. The molecule has 10 nitrogen and oxygen atoms in total. The Morgan fingerprint density at radius 1 is 1.10 bits per heavy atom. The first-order valence-electron chi connectivity index (χ1n) is 10.7. The zero-order valence-corrected chi connectivity index (χ0v) is 18.5. The van der Waals surface area contributed by atoms with E-state index in [4.69, 9.17) is 4.74 Å². The van der Waals surface area contributed by atoms with Crippen molar-refractivity contribution in [2.75, 3.05) is 55.0 Å². The molecule has 0 aliphatic carbocycles. The molecule has 2 atom stereocenters. The van der Waals surface area contributed by atoms with Crippen LogP contribution in [0.15, 0.2) is 24.7 Å². The van der Waals surface area contributed by atoms with Crippen LogP contribution >= 0.6 is 0 Å². The number of cyclic esters (lactones) is 1. The largest absolute Gasteiger partial charge is 0.447 e.